The third-order valence-corrected chi connectivity index (χ3v) is 5.73. The van der Waals surface area contributed by atoms with Gasteiger partial charge in [-0.1, -0.05) is 15.9 Å². The highest BCUT2D eigenvalue weighted by atomic mass is 79.9. The molecule has 1 aromatic carbocycles. The van der Waals surface area contributed by atoms with Crippen molar-refractivity contribution < 1.29 is 13.2 Å². The first-order valence-electron chi connectivity index (χ1n) is 6.75. The van der Waals surface area contributed by atoms with Crippen molar-refractivity contribution in [3.63, 3.8) is 0 Å². The van der Waals surface area contributed by atoms with Crippen LogP contribution in [0.25, 0.3) is 0 Å². The highest BCUT2D eigenvalue weighted by Gasteiger charge is 2.20. The number of sulfone groups is 1. The van der Waals surface area contributed by atoms with Gasteiger partial charge in [-0.3, -0.25) is 4.79 Å². The Bertz CT molecular complexity index is 563. The molecule has 0 saturated carbocycles. The van der Waals surface area contributed by atoms with Gasteiger partial charge in [-0.15, -0.1) is 0 Å². The maximum absolute atomic E-state index is 12.1. The summed E-state index contributed by atoms with van der Waals surface area (Å²) in [7, 11) is -3.38. The summed E-state index contributed by atoms with van der Waals surface area (Å²) in [5.41, 5.74) is 0. The summed E-state index contributed by atoms with van der Waals surface area (Å²) in [6.07, 6.45) is 3.26. The molecule has 6 heteroatoms. The lowest BCUT2D eigenvalue weighted by Gasteiger charge is -2.26. The summed E-state index contributed by atoms with van der Waals surface area (Å²) >= 11 is 3.27. The Labute approximate surface area is 128 Å². The van der Waals surface area contributed by atoms with Crippen molar-refractivity contribution in [2.45, 2.75) is 30.6 Å². The van der Waals surface area contributed by atoms with Gasteiger partial charge in [0.2, 0.25) is 5.91 Å². The minimum atomic E-state index is -3.38. The third-order valence-electron chi connectivity index (χ3n) is 3.47. The van der Waals surface area contributed by atoms with E-state index < -0.39 is 9.84 Å². The molecule has 110 valence electrons. The van der Waals surface area contributed by atoms with E-state index in [1.807, 2.05) is 0 Å². The van der Waals surface area contributed by atoms with Crippen LogP contribution < -0.4 is 0 Å². The van der Waals surface area contributed by atoms with Gasteiger partial charge in [0.1, 0.15) is 0 Å². The smallest absolute Gasteiger partial charge is 0.223 e. The lowest BCUT2D eigenvalue weighted by Crippen LogP contribution is -2.36. The van der Waals surface area contributed by atoms with Crippen molar-refractivity contribution in [2.24, 2.45) is 0 Å². The molecule has 0 N–H and O–H groups in total. The monoisotopic (exact) mass is 359 g/mol. The number of hydrogen-bond donors (Lipinski definition) is 0. The molecule has 0 unspecified atom stereocenters. The molecule has 0 aromatic heterocycles. The predicted octanol–water partition coefficient (Wildman–Crippen LogP) is 2.63. The largest absolute Gasteiger partial charge is 0.343 e. The Balaban J connectivity index is 1.95. The second-order valence-corrected chi connectivity index (χ2v) is 7.99. The average Bonchev–Trinajstić information content (AvgIpc) is 2.46. The van der Waals surface area contributed by atoms with Gasteiger partial charge in [0.15, 0.2) is 9.84 Å². The lowest BCUT2D eigenvalue weighted by molar-refractivity contribution is -0.131. The van der Waals surface area contributed by atoms with E-state index in [-0.39, 0.29) is 23.0 Å². The highest BCUT2D eigenvalue weighted by molar-refractivity contribution is 9.10. The Morgan fingerprint density at radius 1 is 1.10 bits per heavy atom. The van der Waals surface area contributed by atoms with Crippen LogP contribution in [0.15, 0.2) is 33.6 Å². The molecule has 0 bridgehead atoms. The van der Waals surface area contributed by atoms with E-state index in [4.69, 9.17) is 0 Å². The normalized spacial score (nSPS) is 16.1. The quantitative estimate of drug-likeness (QED) is 0.830. The molecule has 1 fully saturated rings. The van der Waals surface area contributed by atoms with Gasteiger partial charge in [0, 0.05) is 24.0 Å². The molecule has 0 spiro atoms. The summed E-state index contributed by atoms with van der Waals surface area (Å²) in [4.78, 5) is 14.0. The Hall–Kier alpha value is -0.880. The maximum atomic E-state index is 12.1. The second kappa shape index (κ2) is 6.72. The van der Waals surface area contributed by atoms with Gasteiger partial charge in [0.25, 0.3) is 0 Å². The van der Waals surface area contributed by atoms with Gasteiger partial charge < -0.3 is 4.90 Å². The minimum absolute atomic E-state index is 0.0506. The summed E-state index contributed by atoms with van der Waals surface area (Å²) in [5, 5.41) is 0. The molecular weight excluding hydrogens is 342 g/mol. The second-order valence-electron chi connectivity index (χ2n) is 4.96. The van der Waals surface area contributed by atoms with Crippen molar-refractivity contribution in [1.82, 2.24) is 4.90 Å². The topological polar surface area (TPSA) is 54.5 Å². The number of nitrogens with zero attached hydrogens (tertiary/aromatic N) is 1. The maximum Gasteiger partial charge on any atom is 0.223 e. The van der Waals surface area contributed by atoms with Crippen LogP contribution in [0.1, 0.15) is 25.7 Å². The number of amides is 1. The molecule has 20 heavy (non-hydrogen) atoms. The predicted molar refractivity (Wildman–Crippen MR) is 81.2 cm³/mol. The van der Waals surface area contributed by atoms with Gasteiger partial charge in [-0.25, -0.2) is 8.42 Å². The third kappa shape index (κ3) is 4.06. The summed E-state index contributed by atoms with van der Waals surface area (Å²) in [6.45, 7) is 1.52. The molecule has 1 saturated heterocycles. The van der Waals surface area contributed by atoms with Gasteiger partial charge >= 0.3 is 0 Å². The number of rotatable bonds is 4. The number of carbonyl (C=O) groups excluding carboxylic acids is 1. The van der Waals surface area contributed by atoms with Crippen LogP contribution in [0, 0.1) is 0 Å². The van der Waals surface area contributed by atoms with Crippen LogP contribution in [0.3, 0.4) is 0 Å². The molecule has 1 aliphatic heterocycles. The number of likely N-dealkylation sites (tertiary alicyclic amines) is 1. The van der Waals surface area contributed by atoms with Gasteiger partial charge in [-0.05, 0) is 43.5 Å². The van der Waals surface area contributed by atoms with E-state index in [2.05, 4.69) is 15.9 Å². The first kappa shape index (κ1) is 15.5. The minimum Gasteiger partial charge on any atom is -0.343 e. The molecule has 1 heterocycles. The number of halogens is 1. The zero-order valence-electron chi connectivity index (χ0n) is 11.2. The van der Waals surface area contributed by atoms with Crippen LogP contribution in [0.5, 0.6) is 0 Å². The van der Waals surface area contributed by atoms with Crippen LogP contribution in [0.4, 0.5) is 0 Å². The first-order chi connectivity index (χ1) is 9.49. The summed E-state index contributed by atoms with van der Waals surface area (Å²) in [5.74, 6) is -0.172. The van der Waals surface area contributed by atoms with Crippen LogP contribution in [0.2, 0.25) is 0 Å². The van der Waals surface area contributed by atoms with Crippen molar-refractivity contribution in [2.75, 3.05) is 18.8 Å². The highest BCUT2D eigenvalue weighted by Crippen LogP contribution is 2.17. The van der Waals surface area contributed by atoms with Crippen molar-refractivity contribution in [3.8, 4) is 0 Å². The van der Waals surface area contributed by atoms with Crippen LogP contribution >= 0.6 is 15.9 Å². The molecular formula is C14H18BrNO3S. The average molecular weight is 360 g/mol. The Morgan fingerprint density at radius 2 is 1.70 bits per heavy atom. The number of benzene rings is 1. The summed E-state index contributed by atoms with van der Waals surface area (Å²) < 4.78 is 25.1. The fourth-order valence-electron chi connectivity index (χ4n) is 2.28. The van der Waals surface area contributed by atoms with E-state index in [1.165, 1.54) is 0 Å². The zero-order chi connectivity index (χ0) is 14.6. The standard InChI is InChI=1S/C14H18BrNO3S/c15-12-4-6-13(7-5-12)20(18,19)11-8-14(17)16-9-2-1-3-10-16/h4-7H,1-3,8-11H2. The molecule has 1 amide bonds. The zero-order valence-corrected chi connectivity index (χ0v) is 13.6. The fraction of sp³-hybridized carbons (Fsp3) is 0.500. The Morgan fingerprint density at radius 3 is 2.30 bits per heavy atom. The van der Waals surface area contributed by atoms with E-state index in [1.54, 1.807) is 29.2 Å². The van der Waals surface area contributed by atoms with E-state index in [0.29, 0.717) is 0 Å². The molecule has 0 atom stereocenters. The molecule has 4 nitrogen and oxygen atoms in total. The van der Waals surface area contributed by atoms with Crippen LogP contribution in [-0.4, -0.2) is 38.1 Å². The molecule has 1 aliphatic rings. The molecule has 0 aliphatic carbocycles. The molecule has 1 aromatic rings. The first-order valence-corrected chi connectivity index (χ1v) is 9.20. The SMILES string of the molecule is O=C(CCS(=O)(=O)c1ccc(Br)cc1)N1CCCCC1. The lowest BCUT2D eigenvalue weighted by atomic mass is 10.1. The summed E-state index contributed by atoms with van der Waals surface area (Å²) in [6, 6.07) is 6.51. The van der Waals surface area contributed by atoms with E-state index in [9.17, 15) is 13.2 Å². The number of piperidine rings is 1. The number of carbonyl (C=O) groups is 1. The fourth-order valence-corrected chi connectivity index (χ4v) is 3.78. The van der Waals surface area contributed by atoms with Gasteiger partial charge in [-0.2, -0.15) is 0 Å². The van der Waals surface area contributed by atoms with Crippen molar-refractivity contribution in [1.29, 1.82) is 0 Å². The van der Waals surface area contributed by atoms with Crippen molar-refractivity contribution >= 4 is 31.7 Å². The number of hydrogen-bond acceptors (Lipinski definition) is 3. The molecule has 2 rings (SSSR count). The van der Waals surface area contributed by atoms with Gasteiger partial charge in [0.05, 0.1) is 10.6 Å². The van der Waals surface area contributed by atoms with E-state index >= 15 is 0 Å². The molecule has 0 radical (unpaired) electrons. The van der Waals surface area contributed by atoms with E-state index in [0.717, 1.165) is 36.8 Å². The Kier molecular flexibility index (Phi) is 5.21. The van der Waals surface area contributed by atoms with Crippen LogP contribution in [-0.2, 0) is 14.6 Å². The van der Waals surface area contributed by atoms with Crippen molar-refractivity contribution in [3.05, 3.63) is 28.7 Å².